The molecule has 0 radical (unpaired) electrons. The van der Waals surface area contributed by atoms with Gasteiger partial charge in [0, 0.05) is 26.2 Å². The number of hydrogen-bond donors (Lipinski definition) is 0. The maximum atomic E-state index is 6.04. The van der Waals surface area contributed by atoms with Crippen LogP contribution in [0.4, 0.5) is 0 Å². The Balaban J connectivity index is 1.50. The molecule has 0 amide bonds. The second kappa shape index (κ2) is 19.2. The lowest BCUT2D eigenvalue weighted by molar-refractivity contribution is 0.0681. The van der Waals surface area contributed by atoms with Gasteiger partial charge in [0.25, 0.3) is 0 Å². The van der Waals surface area contributed by atoms with Crippen molar-refractivity contribution < 1.29 is 14.2 Å². The predicted molar refractivity (Wildman–Crippen MR) is 161 cm³/mol. The van der Waals surface area contributed by atoms with Gasteiger partial charge < -0.3 is 14.2 Å². The minimum Gasteiger partial charge on any atom is -0.377 e. The molecule has 0 saturated heterocycles. The summed E-state index contributed by atoms with van der Waals surface area (Å²) in [5, 5.41) is 0. The molecular formula is C36H46O3. The minimum absolute atomic E-state index is 0.235. The van der Waals surface area contributed by atoms with Crippen LogP contribution in [0.25, 0.3) is 0 Å². The Morgan fingerprint density at radius 3 is 1.15 bits per heavy atom. The molecule has 3 heteroatoms. The molecule has 0 aliphatic heterocycles. The molecule has 0 aromatic heterocycles. The van der Waals surface area contributed by atoms with E-state index in [2.05, 4.69) is 78.7 Å². The summed E-state index contributed by atoms with van der Waals surface area (Å²) in [5.74, 6) is 2.85. The number of benzene rings is 3. The second-order valence-electron chi connectivity index (χ2n) is 10.5. The molecule has 0 saturated carbocycles. The molecule has 3 aromatic rings. The van der Waals surface area contributed by atoms with Crippen LogP contribution >= 0.6 is 0 Å². The van der Waals surface area contributed by atoms with E-state index in [1.54, 1.807) is 0 Å². The van der Waals surface area contributed by atoms with Crippen molar-refractivity contribution in [3.05, 3.63) is 108 Å². The van der Waals surface area contributed by atoms with E-state index < -0.39 is 0 Å². The van der Waals surface area contributed by atoms with E-state index in [1.165, 1.54) is 16.7 Å². The van der Waals surface area contributed by atoms with Gasteiger partial charge in [0.2, 0.25) is 0 Å². The summed E-state index contributed by atoms with van der Waals surface area (Å²) in [5.41, 5.74) is 3.91. The van der Waals surface area contributed by atoms with Crippen molar-refractivity contribution in [1.29, 1.82) is 0 Å². The third kappa shape index (κ3) is 13.1. The van der Waals surface area contributed by atoms with Crippen LogP contribution in [0.1, 0.15) is 74.5 Å². The highest BCUT2D eigenvalue weighted by atomic mass is 16.5. The second-order valence-corrected chi connectivity index (χ2v) is 10.5. The van der Waals surface area contributed by atoms with Gasteiger partial charge >= 0.3 is 0 Å². The van der Waals surface area contributed by atoms with Gasteiger partial charge in [0.05, 0.1) is 19.8 Å². The van der Waals surface area contributed by atoms with Crippen LogP contribution in [0.3, 0.4) is 0 Å². The molecule has 39 heavy (non-hydrogen) atoms. The molecule has 0 N–H and O–H groups in total. The fourth-order valence-electron chi connectivity index (χ4n) is 5.26. The van der Waals surface area contributed by atoms with Crippen molar-refractivity contribution in [2.24, 2.45) is 5.41 Å². The molecule has 3 aromatic carbocycles. The average Bonchev–Trinajstić information content (AvgIpc) is 2.98. The Labute approximate surface area is 236 Å². The first-order chi connectivity index (χ1) is 19.3. The Morgan fingerprint density at radius 1 is 0.487 bits per heavy atom. The van der Waals surface area contributed by atoms with Gasteiger partial charge in [-0.2, -0.15) is 0 Å². The molecule has 0 unspecified atom stereocenters. The number of unbranched alkanes of at least 4 members (excludes halogenated alkanes) is 1. The molecule has 3 rings (SSSR count). The molecule has 0 atom stereocenters. The molecule has 208 valence electrons. The fourth-order valence-corrected chi connectivity index (χ4v) is 5.26. The summed E-state index contributed by atoms with van der Waals surface area (Å²) in [6, 6.07) is 31.2. The highest BCUT2D eigenvalue weighted by Crippen LogP contribution is 2.40. The zero-order valence-corrected chi connectivity index (χ0v) is 23.6. The van der Waals surface area contributed by atoms with Crippen LogP contribution < -0.4 is 0 Å². The fraction of sp³-hybridized carbons (Fsp3) is 0.444. The van der Waals surface area contributed by atoms with Gasteiger partial charge in [-0.3, -0.25) is 0 Å². The topological polar surface area (TPSA) is 27.7 Å². The van der Waals surface area contributed by atoms with E-state index >= 15 is 0 Å². The monoisotopic (exact) mass is 526 g/mol. The van der Waals surface area contributed by atoms with Crippen molar-refractivity contribution >= 4 is 0 Å². The van der Waals surface area contributed by atoms with Gasteiger partial charge in [-0.25, -0.2) is 0 Å². The molecule has 0 heterocycles. The highest BCUT2D eigenvalue weighted by molar-refractivity contribution is 5.14. The summed E-state index contributed by atoms with van der Waals surface area (Å²) in [6.45, 7) is 4.35. The predicted octanol–water partition coefficient (Wildman–Crippen LogP) is 8.77. The van der Waals surface area contributed by atoms with Crippen molar-refractivity contribution in [2.75, 3.05) is 19.8 Å². The van der Waals surface area contributed by atoms with Gasteiger partial charge in [0.1, 0.15) is 0 Å². The van der Waals surface area contributed by atoms with Crippen LogP contribution in [0.2, 0.25) is 0 Å². The van der Waals surface area contributed by atoms with Crippen LogP contribution in [0.15, 0.2) is 91.0 Å². The quantitative estimate of drug-likeness (QED) is 0.103. The summed E-state index contributed by atoms with van der Waals surface area (Å²) in [7, 11) is 0. The van der Waals surface area contributed by atoms with Crippen LogP contribution in [0.5, 0.6) is 0 Å². The van der Waals surface area contributed by atoms with E-state index in [0.717, 1.165) is 77.6 Å². The molecule has 0 fully saturated rings. The standard InChI is InChI=1S/C36H46O3/c1-2-3-13-23-36(24-14-27-37-30-33-17-7-4-8-18-33,25-15-28-38-31-34-19-9-5-10-20-34)26-16-29-39-32-35-21-11-6-12-22-35/h1,4-12,17-22H,3,13-16,23-32H2. The van der Waals surface area contributed by atoms with Crippen molar-refractivity contribution in [1.82, 2.24) is 0 Å². The first-order valence-corrected chi connectivity index (χ1v) is 14.6. The summed E-state index contributed by atoms with van der Waals surface area (Å²) < 4.78 is 18.1. The van der Waals surface area contributed by atoms with Crippen molar-refractivity contribution in [3.8, 4) is 12.3 Å². The summed E-state index contributed by atoms with van der Waals surface area (Å²) in [6.07, 6.45) is 15.3. The van der Waals surface area contributed by atoms with Crippen LogP contribution in [0, 0.1) is 17.8 Å². The van der Waals surface area contributed by atoms with Gasteiger partial charge in [-0.1, -0.05) is 91.0 Å². The van der Waals surface area contributed by atoms with Crippen molar-refractivity contribution in [2.45, 2.75) is 77.6 Å². The lowest BCUT2D eigenvalue weighted by Gasteiger charge is -2.35. The van der Waals surface area contributed by atoms with Gasteiger partial charge in [0.15, 0.2) is 0 Å². The summed E-state index contributed by atoms with van der Waals surface area (Å²) >= 11 is 0. The zero-order valence-electron chi connectivity index (χ0n) is 23.6. The number of rotatable bonds is 21. The Kier molecular flexibility index (Phi) is 15.1. The smallest absolute Gasteiger partial charge is 0.0716 e. The first-order valence-electron chi connectivity index (χ1n) is 14.6. The molecule has 0 aliphatic rings. The van der Waals surface area contributed by atoms with E-state index in [-0.39, 0.29) is 5.41 Å². The van der Waals surface area contributed by atoms with Gasteiger partial charge in [-0.15, -0.1) is 12.3 Å². The third-order valence-electron chi connectivity index (χ3n) is 7.35. The SMILES string of the molecule is C#CCCCC(CCCOCc1ccccc1)(CCCOCc1ccccc1)CCCOCc1ccccc1. The number of terminal acetylenes is 1. The minimum atomic E-state index is 0.235. The number of hydrogen-bond acceptors (Lipinski definition) is 3. The van der Waals surface area contributed by atoms with Crippen LogP contribution in [-0.4, -0.2) is 19.8 Å². The summed E-state index contributed by atoms with van der Waals surface area (Å²) in [4.78, 5) is 0. The van der Waals surface area contributed by atoms with Crippen LogP contribution in [-0.2, 0) is 34.0 Å². The van der Waals surface area contributed by atoms with E-state index in [0.29, 0.717) is 19.8 Å². The number of ether oxygens (including phenoxy) is 3. The Bertz CT molecular complexity index is 907. The molecule has 0 aliphatic carbocycles. The zero-order chi connectivity index (χ0) is 27.3. The normalized spacial score (nSPS) is 11.4. The van der Waals surface area contributed by atoms with E-state index in [4.69, 9.17) is 20.6 Å². The highest BCUT2D eigenvalue weighted by Gasteiger charge is 2.28. The van der Waals surface area contributed by atoms with E-state index in [1.807, 2.05) is 18.2 Å². The Morgan fingerprint density at radius 2 is 0.821 bits per heavy atom. The largest absolute Gasteiger partial charge is 0.377 e. The molecular weight excluding hydrogens is 480 g/mol. The molecule has 0 bridgehead atoms. The third-order valence-corrected chi connectivity index (χ3v) is 7.35. The first kappa shape index (κ1) is 30.6. The average molecular weight is 527 g/mol. The maximum absolute atomic E-state index is 6.04. The molecule has 0 spiro atoms. The Hall–Kier alpha value is -2.90. The lowest BCUT2D eigenvalue weighted by atomic mass is 9.72. The van der Waals surface area contributed by atoms with Crippen molar-refractivity contribution in [3.63, 3.8) is 0 Å². The van der Waals surface area contributed by atoms with E-state index in [9.17, 15) is 0 Å². The van der Waals surface area contributed by atoms with Gasteiger partial charge in [-0.05, 0) is 73.5 Å². The maximum Gasteiger partial charge on any atom is 0.0716 e. The lowest BCUT2D eigenvalue weighted by Crippen LogP contribution is -2.23. The molecule has 3 nitrogen and oxygen atoms in total.